The van der Waals surface area contributed by atoms with Gasteiger partial charge in [0.1, 0.15) is 5.75 Å². The van der Waals surface area contributed by atoms with E-state index in [4.69, 9.17) is 11.2 Å². The summed E-state index contributed by atoms with van der Waals surface area (Å²) in [6, 6.07) is 17.7. The third-order valence-corrected chi connectivity index (χ3v) is 2.59. The lowest BCUT2D eigenvalue weighted by molar-refractivity contribution is 0.263. The molecule has 84 valence electrons. The van der Waals surface area contributed by atoms with E-state index in [-0.39, 0.29) is 6.10 Å². The fourth-order valence-corrected chi connectivity index (χ4v) is 1.64. The molecule has 0 heterocycles. The highest BCUT2D eigenvalue weighted by Crippen LogP contribution is 2.24. The van der Waals surface area contributed by atoms with Gasteiger partial charge in [0.15, 0.2) is 6.10 Å². The molecule has 2 aromatic rings. The minimum Gasteiger partial charge on any atom is -0.473 e. The van der Waals surface area contributed by atoms with Gasteiger partial charge in [-0.05, 0) is 18.6 Å². The van der Waals surface area contributed by atoms with Crippen LogP contribution in [0.4, 0.5) is 0 Å². The third kappa shape index (κ3) is 2.68. The number of para-hydroxylation sites is 1. The fourth-order valence-electron chi connectivity index (χ4n) is 1.64. The quantitative estimate of drug-likeness (QED) is 0.719. The molecule has 0 aliphatic rings. The summed E-state index contributed by atoms with van der Waals surface area (Å²) in [5, 5.41) is 0. The van der Waals surface area contributed by atoms with Crippen LogP contribution in [0.1, 0.15) is 17.2 Å². The number of benzene rings is 2. The molecule has 2 aromatic carbocycles. The monoisotopic (exact) mass is 222 g/mol. The topological polar surface area (TPSA) is 9.23 Å². The van der Waals surface area contributed by atoms with E-state index in [1.54, 1.807) is 0 Å². The van der Waals surface area contributed by atoms with E-state index in [0.717, 1.165) is 16.9 Å². The summed E-state index contributed by atoms with van der Waals surface area (Å²) in [5.41, 5.74) is 2.09. The van der Waals surface area contributed by atoms with Crippen LogP contribution in [0, 0.1) is 19.3 Å². The molecule has 0 aliphatic carbocycles. The van der Waals surface area contributed by atoms with Crippen molar-refractivity contribution in [2.24, 2.45) is 0 Å². The molecule has 2 rings (SSSR count). The average molecular weight is 222 g/mol. The second kappa shape index (κ2) is 5.23. The molecule has 0 amide bonds. The van der Waals surface area contributed by atoms with Gasteiger partial charge in [-0.25, -0.2) is 0 Å². The van der Waals surface area contributed by atoms with Gasteiger partial charge in [0.05, 0.1) is 0 Å². The molecule has 0 fully saturated rings. The van der Waals surface area contributed by atoms with Crippen LogP contribution in [0.25, 0.3) is 0 Å². The first-order valence-electron chi connectivity index (χ1n) is 5.54. The highest BCUT2D eigenvalue weighted by Gasteiger charge is 2.10. The maximum absolute atomic E-state index is 5.84. The van der Waals surface area contributed by atoms with Gasteiger partial charge < -0.3 is 4.74 Å². The lowest BCUT2D eigenvalue weighted by atomic mass is 10.1. The van der Waals surface area contributed by atoms with Crippen molar-refractivity contribution < 1.29 is 4.74 Å². The Bertz CT molecular complexity index is 523. The van der Waals surface area contributed by atoms with Crippen LogP contribution in [0.2, 0.25) is 0 Å². The first-order chi connectivity index (χ1) is 8.31. The molecule has 1 heteroatoms. The molecular formula is C16H14O. The van der Waals surface area contributed by atoms with Gasteiger partial charge in [0.25, 0.3) is 0 Å². The predicted octanol–water partition coefficient (Wildman–Crippen LogP) is 3.75. The van der Waals surface area contributed by atoms with Gasteiger partial charge >= 0.3 is 0 Å². The Morgan fingerprint density at radius 3 is 2.29 bits per heavy atom. The van der Waals surface area contributed by atoms with Crippen molar-refractivity contribution >= 4 is 0 Å². The maximum atomic E-state index is 5.84. The van der Waals surface area contributed by atoms with E-state index in [1.807, 2.05) is 61.5 Å². The van der Waals surface area contributed by atoms with Crippen molar-refractivity contribution in [1.29, 1.82) is 0 Å². The molecule has 1 atom stereocenters. The van der Waals surface area contributed by atoms with Gasteiger partial charge in [0.2, 0.25) is 0 Å². The Balaban J connectivity index is 2.23. The zero-order valence-corrected chi connectivity index (χ0v) is 9.76. The second-order valence-corrected chi connectivity index (χ2v) is 3.84. The molecule has 0 aliphatic heterocycles. The van der Waals surface area contributed by atoms with Crippen molar-refractivity contribution in [2.75, 3.05) is 0 Å². The van der Waals surface area contributed by atoms with Crippen molar-refractivity contribution in [3.05, 3.63) is 65.7 Å². The SMILES string of the molecule is C#CC(Oc1ccccc1C)c1ccccc1. The van der Waals surface area contributed by atoms with Crippen molar-refractivity contribution in [2.45, 2.75) is 13.0 Å². The van der Waals surface area contributed by atoms with Gasteiger partial charge in [0, 0.05) is 5.56 Å². The fraction of sp³-hybridized carbons (Fsp3) is 0.125. The lowest BCUT2D eigenvalue weighted by Crippen LogP contribution is -2.05. The van der Waals surface area contributed by atoms with Crippen LogP contribution >= 0.6 is 0 Å². The highest BCUT2D eigenvalue weighted by molar-refractivity contribution is 5.34. The van der Waals surface area contributed by atoms with Crippen LogP contribution < -0.4 is 4.74 Å². The summed E-state index contributed by atoms with van der Waals surface area (Å²) in [6.45, 7) is 2.01. The lowest BCUT2D eigenvalue weighted by Gasteiger charge is -2.15. The van der Waals surface area contributed by atoms with E-state index in [9.17, 15) is 0 Å². The molecule has 0 radical (unpaired) electrons. The summed E-state index contributed by atoms with van der Waals surface area (Å²) < 4.78 is 5.84. The van der Waals surface area contributed by atoms with Crippen LogP contribution in [0.5, 0.6) is 5.75 Å². The number of aryl methyl sites for hydroxylation is 1. The van der Waals surface area contributed by atoms with E-state index in [2.05, 4.69) is 5.92 Å². The van der Waals surface area contributed by atoms with Crippen LogP contribution in [-0.4, -0.2) is 0 Å². The molecule has 1 unspecified atom stereocenters. The maximum Gasteiger partial charge on any atom is 0.184 e. The van der Waals surface area contributed by atoms with Crippen LogP contribution in [-0.2, 0) is 0 Å². The van der Waals surface area contributed by atoms with E-state index < -0.39 is 0 Å². The number of hydrogen-bond donors (Lipinski definition) is 0. The van der Waals surface area contributed by atoms with E-state index in [1.165, 1.54) is 0 Å². The molecule has 17 heavy (non-hydrogen) atoms. The minimum absolute atomic E-state index is 0.336. The Morgan fingerprint density at radius 2 is 1.65 bits per heavy atom. The standard InChI is InChI=1S/C16H14O/c1-3-15(14-10-5-4-6-11-14)17-16-12-8-7-9-13(16)2/h1,4-12,15H,2H3. The molecule has 0 bridgehead atoms. The molecule has 0 saturated carbocycles. The summed E-state index contributed by atoms with van der Waals surface area (Å²) in [7, 11) is 0. The van der Waals surface area contributed by atoms with Crippen molar-refractivity contribution in [1.82, 2.24) is 0 Å². The number of terminal acetylenes is 1. The Labute approximate surface area is 102 Å². The smallest absolute Gasteiger partial charge is 0.184 e. The first kappa shape index (κ1) is 11.3. The summed E-state index contributed by atoms with van der Waals surface area (Å²) in [5.74, 6) is 3.50. The number of hydrogen-bond acceptors (Lipinski definition) is 1. The molecule has 1 nitrogen and oxygen atoms in total. The molecule has 0 spiro atoms. The molecular weight excluding hydrogens is 208 g/mol. The first-order valence-corrected chi connectivity index (χ1v) is 5.54. The Morgan fingerprint density at radius 1 is 1.00 bits per heavy atom. The highest BCUT2D eigenvalue weighted by atomic mass is 16.5. The normalized spacial score (nSPS) is 11.5. The second-order valence-electron chi connectivity index (χ2n) is 3.84. The molecule has 0 saturated heterocycles. The third-order valence-electron chi connectivity index (χ3n) is 2.59. The number of ether oxygens (including phenoxy) is 1. The van der Waals surface area contributed by atoms with Gasteiger partial charge in [-0.3, -0.25) is 0 Å². The van der Waals surface area contributed by atoms with Gasteiger partial charge in [-0.15, -0.1) is 6.42 Å². The van der Waals surface area contributed by atoms with Gasteiger partial charge in [-0.1, -0.05) is 54.5 Å². The summed E-state index contributed by atoms with van der Waals surface area (Å²) in [4.78, 5) is 0. The van der Waals surface area contributed by atoms with E-state index >= 15 is 0 Å². The van der Waals surface area contributed by atoms with E-state index in [0.29, 0.717) is 0 Å². The Hall–Kier alpha value is -2.20. The number of rotatable bonds is 3. The Kier molecular flexibility index (Phi) is 3.47. The zero-order valence-electron chi connectivity index (χ0n) is 9.76. The molecule has 0 aromatic heterocycles. The largest absolute Gasteiger partial charge is 0.473 e. The van der Waals surface area contributed by atoms with Crippen molar-refractivity contribution in [3.8, 4) is 18.1 Å². The average Bonchev–Trinajstić information content (AvgIpc) is 2.39. The summed E-state index contributed by atoms with van der Waals surface area (Å²) >= 11 is 0. The van der Waals surface area contributed by atoms with Gasteiger partial charge in [-0.2, -0.15) is 0 Å². The minimum atomic E-state index is -0.336. The zero-order chi connectivity index (χ0) is 12.1. The predicted molar refractivity (Wildman–Crippen MR) is 69.8 cm³/mol. The van der Waals surface area contributed by atoms with Crippen molar-refractivity contribution in [3.63, 3.8) is 0 Å². The summed E-state index contributed by atoms with van der Waals surface area (Å²) in [6.07, 6.45) is 5.19. The molecule has 0 N–H and O–H groups in total. The van der Waals surface area contributed by atoms with Crippen LogP contribution in [0.3, 0.4) is 0 Å². The van der Waals surface area contributed by atoms with Crippen LogP contribution in [0.15, 0.2) is 54.6 Å².